The van der Waals surface area contributed by atoms with Gasteiger partial charge in [-0.25, -0.2) is 0 Å². The Bertz CT molecular complexity index is 259. The average molecular weight is 308 g/mol. The molecular formula is C13H28N2O4S. The monoisotopic (exact) mass is 308 g/mol. The molecule has 120 valence electrons. The molecule has 0 aliphatic heterocycles. The molecule has 0 saturated carbocycles. The standard InChI is InChI=1S/C13H28N2O4S/c1-13(2,3)19-9-8-18-7-6-17-5-4-15-12(16)11(14)10-20/h11,20H,4-10,14H2,1-3H3,(H,15,16). The maximum absolute atomic E-state index is 11.3. The molecule has 0 aliphatic rings. The molecular weight excluding hydrogens is 280 g/mol. The molecule has 0 aromatic heterocycles. The van der Waals surface area contributed by atoms with E-state index in [9.17, 15) is 4.79 Å². The van der Waals surface area contributed by atoms with Crippen LogP contribution in [0.5, 0.6) is 0 Å². The van der Waals surface area contributed by atoms with Crippen molar-refractivity contribution in [2.24, 2.45) is 5.73 Å². The summed E-state index contributed by atoms with van der Waals surface area (Å²) < 4.78 is 16.2. The van der Waals surface area contributed by atoms with E-state index in [0.717, 1.165) is 0 Å². The Balaban J connectivity index is 3.23. The van der Waals surface area contributed by atoms with E-state index in [0.29, 0.717) is 45.3 Å². The molecule has 1 amide bonds. The summed E-state index contributed by atoms with van der Waals surface area (Å²) in [4.78, 5) is 11.3. The van der Waals surface area contributed by atoms with E-state index in [2.05, 4.69) is 17.9 Å². The predicted molar refractivity (Wildman–Crippen MR) is 82.2 cm³/mol. The van der Waals surface area contributed by atoms with Crippen molar-refractivity contribution in [3.63, 3.8) is 0 Å². The Labute approximate surface area is 127 Å². The Morgan fingerprint density at radius 3 is 2.25 bits per heavy atom. The van der Waals surface area contributed by atoms with Crippen molar-refractivity contribution in [1.82, 2.24) is 5.32 Å². The number of amides is 1. The van der Waals surface area contributed by atoms with E-state index in [1.165, 1.54) is 0 Å². The molecule has 0 bridgehead atoms. The predicted octanol–water partition coefficient (Wildman–Crippen LogP) is 0.208. The van der Waals surface area contributed by atoms with Gasteiger partial charge < -0.3 is 25.3 Å². The van der Waals surface area contributed by atoms with Gasteiger partial charge in [0.25, 0.3) is 0 Å². The number of ether oxygens (including phenoxy) is 3. The van der Waals surface area contributed by atoms with Gasteiger partial charge in [0.15, 0.2) is 0 Å². The van der Waals surface area contributed by atoms with Gasteiger partial charge in [0.05, 0.1) is 44.7 Å². The summed E-state index contributed by atoms with van der Waals surface area (Å²) >= 11 is 3.95. The third-order valence-electron chi connectivity index (χ3n) is 2.21. The lowest BCUT2D eigenvalue weighted by Crippen LogP contribution is -2.43. The van der Waals surface area contributed by atoms with E-state index in [-0.39, 0.29) is 11.5 Å². The van der Waals surface area contributed by atoms with Gasteiger partial charge in [-0.15, -0.1) is 0 Å². The molecule has 0 aromatic rings. The quantitative estimate of drug-likeness (QED) is 0.375. The van der Waals surface area contributed by atoms with Crippen LogP contribution in [0.15, 0.2) is 0 Å². The molecule has 3 N–H and O–H groups in total. The Kier molecular flexibility index (Phi) is 11.1. The Hall–Kier alpha value is -0.340. The highest BCUT2D eigenvalue weighted by atomic mass is 32.1. The van der Waals surface area contributed by atoms with Crippen molar-refractivity contribution < 1.29 is 19.0 Å². The summed E-state index contributed by atoms with van der Waals surface area (Å²) in [5.74, 6) is 0.121. The first-order valence-corrected chi connectivity index (χ1v) is 7.43. The van der Waals surface area contributed by atoms with Crippen LogP contribution in [0, 0.1) is 0 Å². The van der Waals surface area contributed by atoms with Gasteiger partial charge in [-0.1, -0.05) is 0 Å². The largest absolute Gasteiger partial charge is 0.377 e. The van der Waals surface area contributed by atoms with Gasteiger partial charge in [0.1, 0.15) is 0 Å². The first-order chi connectivity index (χ1) is 9.37. The molecule has 0 fully saturated rings. The topological polar surface area (TPSA) is 82.8 Å². The van der Waals surface area contributed by atoms with Gasteiger partial charge in [0, 0.05) is 12.3 Å². The molecule has 7 heteroatoms. The molecule has 1 atom stereocenters. The second-order valence-electron chi connectivity index (χ2n) is 5.27. The fourth-order valence-corrected chi connectivity index (χ4v) is 1.35. The van der Waals surface area contributed by atoms with E-state index in [4.69, 9.17) is 19.9 Å². The zero-order valence-electron chi connectivity index (χ0n) is 12.7. The van der Waals surface area contributed by atoms with E-state index in [1.54, 1.807) is 0 Å². The number of thiol groups is 1. The van der Waals surface area contributed by atoms with Crippen LogP contribution in [0.2, 0.25) is 0 Å². The average Bonchev–Trinajstić information content (AvgIpc) is 2.38. The number of hydrogen-bond donors (Lipinski definition) is 3. The van der Waals surface area contributed by atoms with Gasteiger partial charge >= 0.3 is 0 Å². The van der Waals surface area contributed by atoms with Gasteiger partial charge in [-0.3, -0.25) is 4.79 Å². The molecule has 0 spiro atoms. The van der Waals surface area contributed by atoms with Crippen molar-refractivity contribution in [2.45, 2.75) is 32.4 Å². The molecule has 0 aromatic carbocycles. The number of carbonyl (C=O) groups excluding carboxylic acids is 1. The molecule has 0 aliphatic carbocycles. The summed E-state index contributed by atoms with van der Waals surface area (Å²) in [5.41, 5.74) is 5.36. The van der Waals surface area contributed by atoms with Crippen LogP contribution in [0.25, 0.3) is 0 Å². The van der Waals surface area contributed by atoms with Gasteiger partial charge in [-0.2, -0.15) is 12.6 Å². The summed E-state index contributed by atoms with van der Waals surface area (Å²) in [6.07, 6.45) is 0. The molecule has 20 heavy (non-hydrogen) atoms. The fourth-order valence-electron chi connectivity index (χ4n) is 1.19. The van der Waals surface area contributed by atoms with Gasteiger partial charge in [-0.05, 0) is 20.8 Å². The minimum atomic E-state index is -0.565. The highest BCUT2D eigenvalue weighted by Gasteiger charge is 2.10. The maximum Gasteiger partial charge on any atom is 0.237 e. The van der Waals surface area contributed by atoms with Crippen LogP contribution < -0.4 is 11.1 Å². The number of hydrogen-bond acceptors (Lipinski definition) is 6. The minimum Gasteiger partial charge on any atom is -0.377 e. The van der Waals surface area contributed by atoms with Crippen molar-refractivity contribution in [1.29, 1.82) is 0 Å². The number of nitrogens with one attached hydrogen (secondary N) is 1. The normalized spacial score (nSPS) is 13.2. The first kappa shape index (κ1) is 19.7. The van der Waals surface area contributed by atoms with Crippen LogP contribution in [0.1, 0.15) is 20.8 Å². The lowest BCUT2D eigenvalue weighted by Gasteiger charge is -2.19. The third-order valence-corrected chi connectivity index (χ3v) is 2.61. The number of nitrogens with two attached hydrogens (primary N) is 1. The minimum absolute atomic E-state index is 0.133. The zero-order valence-corrected chi connectivity index (χ0v) is 13.6. The smallest absolute Gasteiger partial charge is 0.237 e. The fraction of sp³-hybridized carbons (Fsp3) is 0.923. The van der Waals surface area contributed by atoms with Crippen LogP contribution in [0.4, 0.5) is 0 Å². The second kappa shape index (κ2) is 11.3. The number of carbonyl (C=O) groups is 1. The summed E-state index contributed by atoms with van der Waals surface area (Å²) in [5, 5.41) is 2.66. The maximum atomic E-state index is 11.3. The summed E-state index contributed by atoms with van der Waals surface area (Å²) in [7, 11) is 0. The number of rotatable bonds is 11. The van der Waals surface area contributed by atoms with E-state index >= 15 is 0 Å². The van der Waals surface area contributed by atoms with Crippen LogP contribution >= 0.6 is 12.6 Å². The lowest BCUT2D eigenvalue weighted by molar-refractivity contribution is -0.122. The molecule has 0 rings (SSSR count). The SMILES string of the molecule is CC(C)(C)OCCOCCOCCNC(=O)C(N)CS. The van der Waals surface area contributed by atoms with Crippen molar-refractivity contribution in [2.75, 3.05) is 45.3 Å². The van der Waals surface area contributed by atoms with Crippen LogP contribution in [0.3, 0.4) is 0 Å². The summed E-state index contributed by atoms with van der Waals surface area (Å²) in [6, 6.07) is -0.565. The first-order valence-electron chi connectivity index (χ1n) is 6.80. The molecule has 1 unspecified atom stereocenters. The molecule has 0 saturated heterocycles. The molecule has 0 radical (unpaired) electrons. The van der Waals surface area contributed by atoms with Crippen LogP contribution in [-0.2, 0) is 19.0 Å². The van der Waals surface area contributed by atoms with Gasteiger partial charge in [0.2, 0.25) is 5.91 Å². The van der Waals surface area contributed by atoms with Crippen molar-refractivity contribution in [3.8, 4) is 0 Å². The van der Waals surface area contributed by atoms with Crippen molar-refractivity contribution >= 4 is 18.5 Å². The third kappa shape index (κ3) is 12.7. The lowest BCUT2D eigenvalue weighted by atomic mass is 10.2. The highest BCUT2D eigenvalue weighted by molar-refractivity contribution is 7.80. The Morgan fingerprint density at radius 1 is 1.15 bits per heavy atom. The second-order valence-corrected chi connectivity index (χ2v) is 5.63. The van der Waals surface area contributed by atoms with Crippen LogP contribution in [-0.4, -0.2) is 62.9 Å². The van der Waals surface area contributed by atoms with Crippen molar-refractivity contribution in [3.05, 3.63) is 0 Å². The molecule has 6 nitrogen and oxygen atoms in total. The zero-order chi connectivity index (χ0) is 15.4. The Morgan fingerprint density at radius 2 is 1.70 bits per heavy atom. The summed E-state index contributed by atoms with van der Waals surface area (Å²) in [6.45, 7) is 9.01. The highest BCUT2D eigenvalue weighted by Crippen LogP contribution is 2.05. The molecule has 0 heterocycles. The van der Waals surface area contributed by atoms with E-state index < -0.39 is 6.04 Å². The van der Waals surface area contributed by atoms with E-state index in [1.807, 2.05) is 20.8 Å².